The molecule has 92 heavy (non-hydrogen) atoms. The van der Waals surface area contributed by atoms with Gasteiger partial charge in [-0.25, -0.2) is 72.3 Å². The van der Waals surface area contributed by atoms with E-state index in [0.717, 1.165) is 59.3 Å². The molecule has 0 saturated carbocycles. The van der Waals surface area contributed by atoms with Crippen LogP contribution in [0.5, 0.6) is 0 Å². The Bertz CT molecular complexity index is 2010. The molecule has 0 aromatic heterocycles. The second-order valence-electron chi connectivity index (χ2n) is 17.0. The molecule has 0 aromatic rings. The van der Waals surface area contributed by atoms with E-state index in [-0.39, 0.29) is 48.6 Å². The van der Waals surface area contributed by atoms with Crippen LogP contribution >= 0.6 is 0 Å². The highest BCUT2D eigenvalue weighted by molar-refractivity contribution is 7.91. The molecular weight excluding hydrogens is 1350 g/mol. The van der Waals surface area contributed by atoms with Crippen molar-refractivity contribution < 1.29 is 92.7 Å². The average molecular weight is 1500 g/mol. The number of sulfone groups is 4. The minimum absolute atomic E-state index is 0. The molecular formula is C55H155N9O21S7. The Kier molecular flexibility index (Phi) is 198. The Morgan fingerprint density at radius 3 is 0.489 bits per heavy atom. The average Bonchev–Trinajstić information content (AvgIpc) is 3.33. The summed E-state index contributed by atoms with van der Waals surface area (Å²) in [6.07, 6.45) is 11.7. The van der Waals surface area contributed by atoms with Crippen molar-refractivity contribution in [2.45, 2.75) is 152 Å². The molecule has 0 aliphatic rings. The number of aliphatic carboxylic acids is 1. The van der Waals surface area contributed by atoms with Gasteiger partial charge in [0.1, 0.15) is 45.1 Å². The number of sulfonamides is 3. The number of nitrogens with one attached hydrogen (secondary N) is 3. The summed E-state index contributed by atoms with van der Waals surface area (Å²) in [6, 6.07) is 0. The number of esters is 1. The highest BCUT2D eigenvalue weighted by Crippen LogP contribution is 1.84. The van der Waals surface area contributed by atoms with Crippen molar-refractivity contribution in [1.29, 1.82) is 0 Å². The highest BCUT2D eigenvalue weighted by atomic mass is 32.2. The molecule has 0 radical (unpaired) electrons. The van der Waals surface area contributed by atoms with E-state index in [2.05, 4.69) is 33.9 Å². The summed E-state index contributed by atoms with van der Waals surface area (Å²) in [6.45, 7) is 36.0. The molecule has 0 heterocycles. The van der Waals surface area contributed by atoms with Crippen LogP contribution in [0.4, 0.5) is 0 Å². The molecule has 30 nitrogen and oxygen atoms in total. The van der Waals surface area contributed by atoms with Gasteiger partial charge in [0.15, 0.2) is 0 Å². The smallest absolute Gasteiger partial charge is 0.302 e. The van der Waals surface area contributed by atoms with Crippen molar-refractivity contribution in [2.75, 3.05) is 188 Å². The number of carboxylic acids is 1. The monoisotopic (exact) mass is 1500 g/mol. The van der Waals surface area contributed by atoms with Crippen LogP contribution in [0.25, 0.3) is 0 Å². The number of hydrogen-bond donors (Lipinski definition) is 5. The van der Waals surface area contributed by atoms with Gasteiger partial charge in [0.2, 0.25) is 41.9 Å². The first kappa shape index (κ1) is 158. The van der Waals surface area contributed by atoms with Gasteiger partial charge in [-0.15, -0.1) is 0 Å². The van der Waals surface area contributed by atoms with Crippen LogP contribution in [0.15, 0.2) is 0 Å². The van der Waals surface area contributed by atoms with Gasteiger partial charge in [-0.1, -0.05) is 111 Å². The summed E-state index contributed by atoms with van der Waals surface area (Å²) < 4.78 is 148. The van der Waals surface area contributed by atoms with Crippen molar-refractivity contribution in [1.82, 2.24) is 44.8 Å². The number of carbonyl (C=O) groups excluding carboxylic acids is 4. The molecule has 2 amide bonds. The molecule has 0 rings (SSSR count). The fourth-order valence-corrected chi connectivity index (χ4v) is 0. The van der Waals surface area contributed by atoms with Crippen molar-refractivity contribution in [3.05, 3.63) is 0 Å². The van der Waals surface area contributed by atoms with Crippen molar-refractivity contribution in [3.63, 3.8) is 0 Å². The maximum atomic E-state index is 10.3. The first-order valence-electron chi connectivity index (χ1n) is 27.7. The predicted octanol–water partition coefficient (Wildman–Crippen LogP) is 5.85. The number of ether oxygens (including phenoxy) is 1. The molecule has 0 aromatic carbocycles. The molecule has 0 aliphatic heterocycles. The summed E-state index contributed by atoms with van der Waals surface area (Å²) in [7, 11) is 10.1. The SMILES string of the molecule is C.CC.CC.CC.CC.CC.CC(=O)N(C)C.CC(=O)O.CC(C)=O.CCC.CCS(C)(=O)=O.CCS(C)(=O)=O.CN(C)C.CN(C)C.CN(C)S(C)(=O)=O.CN(C)S(C)(=O)=O.CNC.CNC(C)=O.CNS(C)(=O)=O.COC(C)=O.CS(C)(=O)=O.CS(C)(=O)=O.N. The van der Waals surface area contributed by atoms with Crippen LogP contribution in [0.3, 0.4) is 0 Å². The molecule has 0 aliphatic carbocycles. The molecule has 7 N–H and O–H groups in total. The minimum atomic E-state index is -2.91. The summed E-state index contributed by atoms with van der Waals surface area (Å²) in [4.78, 5) is 53.3. The third kappa shape index (κ3) is 955. The first-order valence-corrected chi connectivity index (χ1v) is 42.0. The van der Waals surface area contributed by atoms with Gasteiger partial charge >= 0.3 is 5.97 Å². The standard InChI is InChI=1S/C4H9NO.2C3H9NO2S.C3H7NO.2C3H9N.2C3H8O2S.C3H6O2.C3H6O.C3H8.C2H7NO2S.C2H7N.2C2H6O2S.C2H4O2.5C2H6.CH4.H3N/c1-4(6)5(2)3;2*1-4(2)7(3,5)6;1-3(5)4-2;2*1-4(2)3;2*1-3-6(2,4)5;1-3(4)5-2;1-3(2)4;1-3-2;1-3-6(2,4)5;1-3-2;2*1-5(2,3)4;1-2(3)4;5*1-2;;/h1-3H3;2*1-3H3;1-2H3,(H,4,5);2*1-3H3;2*3H2,1-2H3;1-2H3;1-2H3;3H2,1-2H3;3H,1-2H3;3H,1-2H3;2*1-2H3;1H3,(H,3,4);5*1-2H3;1H4;1H3. The summed E-state index contributed by atoms with van der Waals surface area (Å²) in [5, 5.41) is 12.6. The topological polar surface area (TPSA) is 441 Å². The molecule has 0 unspecified atom stereocenters. The van der Waals surface area contributed by atoms with Gasteiger partial charge in [-0.2, -0.15) is 0 Å². The number of amides is 2. The summed E-state index contributed by atoms with van der Waals surface area (Å²) >= 11 is 0. The quantitative estimate of drug-likeness (QED) is 0.201. The summed E-state index contributed by atoms with van der Waals surface area (Å²) in [5.74, 6) is -0.329. The lowest BCUT2D eigenvalue weighted by Gasteiger charge is -2.02. The lowest BCUT2D eigenvalue weighted by Crippen LogP contribution is -2.19. The highest BCUT2D eigenvalue weighted by Gasteiger charge is 2.01. The van der Waals surface area contributed by atoms with E-state index in [4.69, 9.17) is 9.90 Å². The van der Waals surface area contributed by atoms with Gasteiger partial charge < -0.3 is 46.1 Å². The number of nitrogens with zero attached hydrogens (tertiary/aromatic N) is 5. The minimum Gasteiger partial charge on any atom is -0.481 e. The number of hydrogen-bond acceptors (Lipinski definition) is 24. The third-order valence-electron chi connectivity index (χ3n) is 4.02. The predicted molar refractivity (Wildman–Crippen MR) is 403 cm³/mol. The molecule has 0 atom stereocenters. The number of carbonyl (C=O) groups is 5. The molecule has 0 spiro atoms. The first-order chi connectivity index (χ1) is 39.5. The Balaban J connectivity index is -0.0000000261. The molecule has 588 valence electrons. The maximum absolute atomic E-state index is 10.3. The zero-order chi connectivity index (χ0) is 80.2. The van der Waals surface area contributed by atoms with Gasteiger partial charge in [-0.3, -0.25) is 19.2 Å². The Morgan fingerprint density at radius 1 is 0.424 bits per heavy atom. The molecule has 0 fully saturated rings. The van der Waals surface area contributed by atoms with Crippen molar-refractivity contribution in [2.24, 2.45) is 0 Å². The zero-order valence-corrected chi connectivity index (χ0v) is 72.2. The van der Waals surface area contributed by atoms with Crippen LogP contribution in [-0.2, 0) is 98.1 Å². The van der Waals surface area contributed by atoms with E-state index in [0.29, 0.717) is 0 Å². The van der Waals surface area contributed by atoms with Crippen LogP contribution in [-0.4, -0.2) is 305 Å². The van der Waals surface area contributed by atoms with Crippen LogP contribution in [0, 0.1) is 0 Å². The van der Waals surface area contributed by atoms with Crippen LogP contribution < -0.4 is 21.5 Å². The second-order valence-corrected chi connectivity index (χ2v) is 32.8. The fraction of sp³-hybridized carbons (Fsp3) is 0.909. The fourth-order valence-electron chi connectivity index (χ4n) is 0. The third-order valence-corrected chi connectivity index (χ3v) is 9.51. The number of methoxy groups -OCH3 is 1. The van der Waals surface area contributed by atoms with Gasteiger partial charge in [0.05, 0.1) is 25.9 Å². The lowest BCUT2D eigenvalue weighted by atomic mass is 10.6. The van der Waals surface area contributed by atoms with Crippen LogP contribution in [0.1, 0.15) is 152 Å². The van der Waals surface area contributed by atoms with E-state index < -0.39 is 75.4 Å². The Hall–Kier alpha value is -3.08. The zero-order valence-electron chi connectivity index (χ0n) is 66.5. The molecule has 0 bridgehead atoms. The van der Waals surface area contributed by atoms with Crippen molar-refractivity contribution >= 4 is 99.0 Å². The Morgan fingerprint density at radius 2 is 0.489 bits per heavy atom. The van der Waals surface area contributed by atoms with Crippen LogP contribution in [0.2, 0.25) is 0 Å². The van der Waals surface area contributed by atoms with E-state index in [9.17, 15) is 78.1 Å². The van der Waals surface area contributed by atoms with E-state index >= 15 is 0 Å². The van der Waals surface area contributed by atoms with E-state index in [1.165, 1.54) is 101 Å². The van der Waals surface area contributed by atoms with Crippen molar-refractivity contribution in [3.8, 4) is 0 Å². The Labute approximate surface area is 573 Å². The molecule has 37 heteroatoms. The van der Waals surface area contributed by atoms with Gasteiger partial charge in [0, 0.05) is 126 Å². The van der Waals surface area contributed by atoms with E-state index in [1.807, 2.05) is 135 Å². The number of ketones is 1. The second kappa shape index (κ2) is 115. The lowest BCUT2D eigenvalue weighted by molar-refractivity contribution is -0.138. The van der Waals surface area contributed by atoms with Gasteiger partial charge in [0.25, 0.3) is 5.97 Å². The summed E-state index contributed by atoms with van der Waals surface area (Å²) in [5.41, 5.74) is 0. The molecule has 0 saturated heterocycles. The number of Topliss-reactive ketones (excluding diaryl/α,β-unsaturated/α-hetero) is 1. The normalized spacial score (nSPS) is 8.76. The van der Waals surface area contributed by atoms with E-state index in [1.54, 1.807) is 35.0 Å². The van der Waals surface area contributed by atoms with Gasteiger partial charge in [-0.05, 0) is 77.3 Å². The largest absolute Gasteiger partial charge is 0.481 e. The number of carboxylic acid groups (broad SMARTS) is 1. The maximum Gasteiger partial charge on any atom is 0.302 e. The number of rotatable bonds is 5.